The van der Waals surface area contributed by atoms with E-state index >= 15 is 0 Å². The molecule has 2 aromatic rings. The van der Waals surface area contributed by atoms with Crippen LogP contribution in [0.15, 0.2) is 48.5 Å². The molecule has 1 atom stereocenters. The van der Waals surface area contributed by atoms with Crippen molar-refractivity contribution in [1.29, 1.82) is 0 Å². The number of rotatable bonds is 6. The average Bonchev–Trinajstić information content (AvgIpc) is 3.11. The minimum absolute atomic E-state index is 0.849. The minimum Gasteiger partial charge on any atom is -0.497 e. The van der Waals surface area contributed by atoms with Crippen LogP contribution in [0.2, 0.25) is 5.02 Å². The van der Waals surface area contributed by atoms with E-state index in [2.05, 4.69) is 28.3 Å². The molecule has 5 heteroatoms. The van der Waals surface area contributed by atoms with Crippen molar-refractivity contribution in [2.75, 3.05) is 44.4 Å². The fourth-order valence-electron chi connectivity index (χ4n) is 3.11. The largest absolute Gasteiger partial charge is 0.497 e. The number of halogens is 1. The van der Waals surface area contributed by atoms with Crippen LogP contribution < -0.4 is 9.04 Å². The lowest BCUT2D eigenvalue weighted by Crippen LogP contribution is -2.22. The van der Waals surface area contributed by atoms with Crippen LogP contribution in [0.4, 0.5) is 5.69 Å². The Kier molecular flexibility index (Phi) is 9.32. The number of methoxy groups -OCH3 is 1. The molecule has 0 spiro atoms. The summed E-state index contributed by atoms with van der Waals surface area (Å²) in [7, 11) is 3.71. The van der Waals surface area contributed by atoms with Crippen LogP contribution in [0.1, 0.15) is 18.9 Å². The molecule has 0 bridgehead atoms. The number of anilines is 1. The van der Waals surface area contributed by atoms with Gasteiger partial charge in [0.05, 0.1) is 7.11 Å². The molecule has 27 heavy (non-hydrogen) atoms. The maximum atomic E-state index is 5.95. The van der Waals surface area contributed by atoms with Gasteiger partial charge in [-0.05, 0) is 67.3 Å². The number of hydrogen-bond donors (Lipinski definition) is 0. The first-order chi connectivity index (χ1) is 13.0. The van der Waals surface area contributed by atoms with E-state index in [1.54, 1.807) is 19.1 Å². The molecule has 0 saturated carbocycles. The van der Waals surface area contributed by atoms with Crippen molar-refractivity contribution < 1.29 is 4.74 Å². The second kappa shape index (κ2) is 11.5. The zero-order valence-electron chi connectivity index (χ0n) is 16.8. The second-order valence-electron chi connectivity index (χ2n) is 6.95. The van der Waals surface area contributed by atoms with Gasteiger partial charge in [-0.15, -0.1) is 0 Å². The Hall–Kier alpha value is -1.36. The van der Waals surface area contributed by atoms with Gasteiger partial charge >= 0.3 is 0 Å². The highest BCUT2D eigenvalue weighted by Gasteiger charge is 2.17. The SMILES string of the molecule is CC1CCN(CCc2cccc(Cl)c2)C1.COc1ccc(N(C)SC)cc1. The summed E-state index contributed by atoms with van der Waals surface area (Å²) >= 11 is 7.63. The second-order valence-corrected chi connectivity index (χ2v) is 8.30. The van der Waals surface area contributed by atoms with E-state index in [0.717, 1.165) is 23.1 Å². The molecule has 148 valence electrons. The molecule has 1 aliphatic rings. The molecule has 0 N–H and O–H groups in total. The average molecular weight is 407 g/mol. The van der Waals surface area contributed by atoms with Gasteiger partial charge in [0.1, 0.15) is 5.75 Å². The number of ether oxygens (including phenoxy) is 1. The highest BCUT2D eigenvalue weighted by molar-refractivity contribution is 7.99. The van der Waals surface area contributed by atoms with Gasteiger partial charge in [0.25, 0.3) is 0 Å². The van der Waals surface area contributed by atoms with Crippen LogP contribution in [0.25, 0.3) is 0 Å². The first-order valence-electron chi connectivity index (χ1n) is 9.40. The van der Waals surface area contributed by atoms with E-state index in [-0.39, 0.29) is 0 Å². The Morgan fingerprint density at radius 2 is 1.96 bits per heavy atom. The zero-order valence-corrected chi connectivity index (χ0v) is 18.4. The summed E-state index contributed by atoms with van der Waals surface area (Å²) in [6, 6.07) is 16.2. The van der Waals surface area contributed by atoms with Crippen molar-refractivity contribution in [3.63, 3.8) is 0 Å². The highest BCUT2D eigenvalue weighted by atomic mass is 35.5. The van der Waals surface area contributed by atoms with Gasteiger partial charge in [-0.1, -0.05) is 42.6 Å². The maximum absolute atomic E-state index is 5.95. The van der Waals surface area contributed by atoms with E-state index in [1.165, 1.54) is 37.3 Å². The van der Waals surface area contributed by atoms with Gasteiger partial charge < -0.3 is 13.9 Å². The zero-order chi connectivity index (χ0) is 19.6. The fourth-order valence-corrected chi connectivity index (χ4v) is 3.65. The van der Waals surface area contributed by atoms with Gasteiger partial charge in [0.2, 0.25) is 0 Å². The van der Waals surface area contributed by atoms with Crippen molar-refractivity contribution in [2.45, 2.75) is 19.8 Å². The summed E-state index contributed by atoms with van der Waals surface area (Å²) in [4.78, 5) is 2.55. The number of hydrogen-bond acceptors (Lipinski definition) is 4. The van der Waals surface area contributed by atoms with Crippen LogP contribution in [0.5, 0.6) is 5.75 Å². The first kappa shape index (κ1) is 21.9. The molecular weight excluding hydrogens is 376 g/mol. The molecular formula is C22H31ClN2OS. The summed E-state index contributed by atoms with van der Waals surface area (Å²) in [6.45, 7) is 6.03. The molecule has 3 rings (SSSR count). The van der Waals surface area contributed by atoms with Crippen LogP contribution in [0, 0.1) is 5.92 Å². The molecule has 0 radical (unpaired) electrons. The molecule has 1 aliphatic heterocycles. The molecule has 1 heterocycles. The number of benzene rings is 2. The lowest BCUT2D eigenvalue weighted by Gasteiger charge is -2.14. The third-order valence-electron chi connectivity index (χ3n) is 4.82. The summed E-state index contributed by atoms with van der Waals surface area (Å²) in [5, 5.41) is 0.849. The van der Waals surface area contributed by atoms with E-state index in [0.29, 0.717) is 0 Å². The summed E-state index contributed by atoms with van der Waals surface area (Å²) in [6.07, 6.45) is 4.52. The highest BCUT2D eigenvalue weighted by Crippen LogP contribution is 2.21. The third kappa shape index (κ3) is 7.65. The monoisotopic (exact) mass is 406 g/mol. The predicted octanol–water partition coefficient (Wildman–Crippen LogP) is 5.63. The van der Waals surface area contributed by atoms with E-state index < -0.39 is 0 Å². The van der Waals surface area contributed by atoms with Crippen molar-refractivity contribution in [2.24, 2.45) is 5.92 Å². The fraction of sp³-hybridized carbons (Fsp3) is 0.455. The lowest BCUT2D eigenvalue weighted by molar-refractivity contribution is 0.332. The molecule has 3 nitrogen and oxygen atoms in total. The maximum Gasteiger partial charge on any atom is 0.119 e. The Morgan fingerprint density at radius 1 is 1.22 bits per heavy atom. The predicted molar refractivity (Wildman–Crippen MR) is 120 cm³/mol. The molecule has 1 saturated heterocycles. The van der Waals surface area contributed by atoms with Crippen LogP contribution in [-0.2, 0) is 6.42 Å². The van der Waals surface area contributed by atoms with E-state index in [1.807, 2.05) is 49.7 Å². The summed E-state index contributed by atoms with van der Waals surface area (Å²) in [5.41, 5.74) is 2.53. The third-order valence-corrected chi connectivity index (χ3v) is 5.82. The molecule has 1 unspecified atom stereocenters. The molecule has 1 fully saturated rings. The van der Waals surface area contributed by atoms with Crippen molar-refractivity contribution >= 4 is 29.2 Å². The Bertz CT molecular complexity index is 680. The van der Waals surface area contributed by atoms with Gasteiger partial charge in [-0.2, -0.15) is 0 Å². The quantitative estimate of drug-likeness (QED) is 0.577. The van der Waals surface area contributed by atoms with Gasteiger partial charge in [0, 0.05) is 37.1 Å². The normalized spacial score (nSPS) is 16.6. The topological polar surface area (TPSA) is 15.7 Å². The number of nitrogens with zero attached hydrogens (tertiary/aromatic N) is 2. The molecule has 0 aromatic heterocycles. The Morgan fingerprint density at radius 3 is 2.52 bits per heavy atom. The Balaban J connectivity index is 0.000000199. The molecule has 0 aliphatic carbocycles. The van der Waals surface area contributed by atoms with Crippen molar-refractivity contribution in [3.05, 3.63) is 59.1 Å². The standard InChI is InChI=1S/C13H18ClN.C9H13NOS/c1-11-5-7-15(10-11)8-6-12-3-2-4-13(14)9-12;1-10(12-3)8-4-6-9(11-2)7-5-8/h2-4,9,11H,5-8,10H2,1H3;4-7H,1-3H3. The van der Waals surface area contributed by atoms with E-state index in [4.69, 9.17) is 16.3 Å². The van der Waals surface area contributed by atoms with Crippen LogP contribution >= 0.6 is 23.5 Å². The minimum atomic E-state index is 0.849. The molecule has 2 aromatic carbocycles. The molecule has 0 amide bonds. The van der Waals surface area contributed by atoms with E-state index in [9.17, 15) is 0 Å². The summed E-state index contributed by atoms with van der Waals surface area (Å²) < 4.78 is 7.15. The van der Waals surface area contributed by atoms with Gasteiger partial charge in [-0.25, -0.2) is 0 Å². The van der Waals surface area contributed by atoms with Crippen molar-refractivity contribution in [3.8, 4) is 5.75 Å². The van der Waals surface area contributed by atoms with Crippen molar-refractivity contribution in [1.82, 2.24) is 4.90 Å². The summed E-state index contributed by atoms with van der Waals surface area (Å²) in [5.74, 6) is 1.78. The number of likely N-dealkylation sites (tertiary alicyclic amines) is 1. The van der Waals surface area contributed by atoms with Crippen LogP contribution in [0.3, 0.4) is 0 Å². The first-order valence-corrected chi connectivity index (χ1v) is 11.0. The lowest BCUT2D eigenvalue weighted by atomic mass is 10.1. The van der Waals surface area contributed by atoms with Gasteiger partial charge in [0.15, 0.2) is 0 Å². The smallest absolute Gasteiger partial charge is 0.119 e. The van der Waals surface area contributed by atoms with Gasteiger partial charge in [-0.3, -0.25) is 0 Å². The van der Waals surface area contributed by atoms with Crippen LogP contribution in [-0.4, -0.2) is 44.9 Å². The Labute approximate surface area is 173 Å².